The zero-order valence-electron chi connectivity index (χ0n) is 16.8. The highest BCUT2D eigenvalue weighted by molar-refractivity contribution is 6.35. The second kappa shape index (κ2) is 9.81. The number of halogens is 3. The molecule has 3 N–H and O–H groups in total. The number of anilines is 1. The van der Waals surface area contributed by atoms with E-state index < -0.39 is 5.91 Å². The normalized spacial score (nSPS) is 11.3. The Hall–Kier alpha value is -1.79. The summed E-state index contributed by atoms with van der Waals surface area (Å²) in [6.45, 7) is 8.01. The highest BCUT2D eigenvalue weighted by Crippen LogP contribution is 2.27. The molecule has 0 saturated heterocycles. The van der Waals surface area contributed by atoms with E-state index in [1.165, 1.54) is 6.07 Å². The van der Waals surface area contributed by atoms with Gasteiger partial charge in [0.25, 0.3) is 5.91 Å². The summed E-state index contributed by atoms with van der Waals surface area (Å²) in [7, 11) is 0. The predicted molar refractivity (Wildman–Crippen MR) is 120 cm³/mol. The molecule has 0 spiro atoms. The number of benzene rings is 2. The summed E-state index contributed by atoms with van der Waals surface area (Å²) in [6, 6.07) is 8.34. The highest BCUT2D eigenvalue weighted by Gasteiger charge is 2.20. The van der Waals surface area contributed by atoms with Gasteiger partial charge in [-0.25, -0.2) is 5.43 Å². The number of carbonyl (C=O) groups excluding carboxylic acids is 2. The van der Waals surface area contributed by atoms with Gasteiger partial charge in [-0.05, 0) is 47.7 Å². The van der Waals surface area contributed by atoms with Crippen molar-refractivity contribution in [2.75, 3.05) is 5.32 Å². The number of rotatable bonds is 6. The lowest BCUT2D eigenvalue weighted by Gasteiger charge is -2.19. The van der Waals surface area contributed by atoms with Gasteiger partial charge in [0.15, 0.2) is 0 Å². The van der Waals surface area contributed by atoms with Gasteiger partial charge in [-0.3, -0.25) is 15.0 Å². The molecular weight excluding hydrogens is 433 g/mol. The molecule has 2 amide bonds. The van der Waals surface area contributed by atoms with Crippen LogP contribution in [0.3, 0.4) is 0 Å². The van der Waals surface area contributed by atoms with Crippen molar-refractivity contribution in [3.8, 4) is 0 Å². The molecule has 29 heavy (non-hydrogen) atoms. The minimum atomic E-state index is -0.424. The predicted octanol–water partition coefficient (Wildman–Crippen LogP) is 5.76. The molecule has 0 unspecified atom stereocenters. The average molecular weight is 457 g/mol. The third-order valence-corrected chi connectivity index (χ3v) is 4.80. The molecule has 0 aliphatic heterocycles. The Kier molecular flexibility index (Phi) is 7.94. The first-order valence-corrected chi connectivity index (χ1v) is 10.2. The van der Waals surface area contributed by atoms with Gasteiger partial charge in [-0.15, -0.1) is 0 Å². The first kappa shape index (κ1) is 23.5. The van der Waals surface area contributed by atoms with Crippen molar-refractivity contribution in [3.05, 3.63) is 62.1 Å². The maximum absolute atomic E-state index is 12.7. The standard InChI is InChI=1S/C21H24Cl3N3O2/c1-12-7-15(23)8-16(19(12)26-18(28)10-21(2,3)4)20(29)27-25-11-13-5-6-14(22)9-17(13)24/h5-9,25H,10-11H2,1-4H3,(H,26,28)(H,27,29). The van der Waals surface area contributed by atoms with E-state index in [0.29, 0.717) is 39.3 Å². The molecule has 0 atom stereocenters. The fourth-order valence-electron chi connectivity index (χ4n) is 2.71. The molecule has 0 heterocycles. The van der Waals surface area contributed by atoms with Crippen LogP contribution >= 0.6 is 34.8 Å². The van der Waals surface area contributed by atoms with Crippen LogP contribution in [0.4, 0.5) is 5.69 Å². The molecule has 0 saturated carbocycles. The van der Waals surface area contributed by atoms with Crippen molar-refractivity contribution in [3.63, 3.8) is 0 Å². The van der Waals surface area contributed by atoms with Crippen LogP contribution in [-0.2, 0) is 11.3 Å². The number of hydrogen-bond acceptors (Lipinski definition) is 3. The zero-order chi connectivity index (χ0) is 21.8. The van der Waals surface area contributed by atoms with E-state index in [1.807, 2.05) is 20.8 Å². The average Bonchev–Trinajstić information content (AvgIpc) is 2.57. The van der Waals surface area contributed by atoms with Gasteiger partial charge in [0, 0.05) is 28.0 Å². The van der Waals surface area contributed by atoms with Crippen molar-refractivity contribution in [1.82, 2.24) is 10.9 Å². The van der Waals surface area contributed by atoms with E-state index >= 15 is 0 Å². The number of aryl methyl sites for hydroxylation is 1. The van der Waals surface area contributed by atoms with Gasteiger partial charge in [-0.1, -0.05) is 61.6 Å². The van der Waals surface area contributed by atoms with Gasteiger partial charge in [-0.2, -0.15) is 0 Å². The Bertz CT molecular complexity index is 924. The largest absolute Gasteiger partial charge is 0.325 e. The number of hydrazine groups is 1. The summed E-state index contributed by atoms with van der Waals surface area (Å²) in [5.41, 5.74) is 7.46. The minimum absolute atomic E-state index is 0.169. The van der Waals surface area contributed by atoms with Crippen molar-refractivity contribution in [2.24, 2.45) is 5.41 Å². The Morgan fingerprint density at radius 1 is 1.00 bits per heavy atom. The molecule has 0 aliphatic carbocycles. The molecule has 2 rings (SSSR count). The molecule has 0 bridgehead atoms. The summed E-state index contributed by atoms with van der Waals surface area (Å²) < 4.78 is 0. The quantitative estimate of drug-likeness (QED) is 0.484. The van der Waals surface area contributed by atoms with Crippen LogP contribution in [0, 0.1) is 12.3 Å². The molecule has 0 aliphatic rings. The first-order valence-electron chi connectivity index (χ1n) is 9.03. The van der Waals surface area contributed by atoms with Crippen LogP contribution in [0.5, 0.6) is 0 Å². The fourth-order valence-corrected chi connectivity index (χ4v) is 3.45. The molecular formula is C21H24Cl3N3O2. The van der Waals surface area contributed by atoms with Crippen LogP contribution < -0.4 is 16.2 Å². The Labute approximate surface area is 186 Å². The molecule has 5 nitrogen and oxygen atoms in total. The smallest absolute Gasteiger partial charge is 0.267 e. The van der Waals surface area contributed by atoms with Crippen LogP contribution in [0.15, 0.2) is 30.3 Å². The van der Waals surface area contributed by atoms with Crippen molar-refractivity contribution >= 4 is 52.3 Å². The highest BCUT2D eigenvalue weighted by atomic mass is 35.5. The van der Waals surface area contributed by atoms with E-state index in [-0.39, 0.29) is 16.9 Å². The maximum atomic E-state index is 12.7. The van der Waals surface area contributed by atoms with E-state index in [9.17, 15) is 9.59 Å². The van der Waals surface area contributed by atoms with Crippen molar-refractivity contribution < 1.29 is 9.59 Å². The number of nitrogens with one attached hydrogen (secondary N) is 3. The zero-order valence-corrected chi connectivity index (χ0v) is 19.0. The lowest BCUT2D eigenvalue weighted by atomic mass is 9.92. The summed E-state index contributed by atoms with van der Waals surface area (Å²) in [4.78, 5) is 25.1. The molecule has 0 aromatic heterocycles. The Balaban J connectivity index is 2.13. The molecule has 2 aromatic carbocycles. The SMILES string of the molecule is Cc1cc(Cl)cc(C(=O)NNCc2ccc(Cl)cc2Cl)c1NC(=O)CC(C)(C)C. The molecule has 0 radical (unpaired) electrons. The third kappa shape index (κ3) is 7.19. The van der Waals surface area contributed by atoms with Crippen LogP contribution in [0.1, 0.15) is 48.7 Å². The molecule has 2 aromatic rings. The number of amides is 2. The van der Waals surface area contributed by atoms with Gasteiger partial charge >= 0.3 is 0 Å². The molecule has 0 fully saturated rings. The summed E-state index contributed by atoms with van der Waals surface area (Å²) in [6.07, 6.45) is 0.323. The lowest BCUT2D eigenvalue weighted by Crippen LogP contribution is -2.37. The van der Waals surface area contributed by atoms with E-state index in [4.69, 9.17) is 34.8 Å². The van der Waals surface area contributed by atoms with Crippen LogP contribution in [0.25, 0.3) is 0 Å². The lowest BCUT2D eigenvalue weighted by molar-refractivity contribution is -0.117. The summed E-state index contributed by atoms with van der Waals surface area (Å²) in [5.74, 6) is -0.593. The Morgan fingerprint density at radius 3 is 2.31 bits per heavy atom. The van der Waals surface area contributed by atoms with Gasteiger partial charge in [0.2, 0.25) is 5.91 Å². The van der Waals surface area contributed by atoms with Gasteiger partial charge < -0.3 is 5.32 Å². The fraction of sp³-hybridized carbons (Fsp3) is 0.333. The maximum Gasteiger partial charge on any atom is 0.267 e. The topological polar surface area (TPSA) is 70.2 Å². The monoisotopic (exact) mass is 455 g/mol. The second-order valence-electron chi connectivity index (χ2n) is 7.97. The van der Waals surface area contributed by atoms with E-state index in [2.05, 4.69) is 16.2 Å². The van der Waals surface area contributed by atoms with Gasteiger partial charge in [0.05, 0.1) is 11.3 Å². The molecule has 8 heteroatoms. The second-order valence-corrected chi connectivity index (χ2v) is 9.25. The van der Waals surface area contributed by atoms with Crippen LogP contribution in [-0.4, -0.2) is 11.8 Å². The number of carbonyl (C=O) groups is 2. The summed E-state index contributed by atoms with van der Waals surface area (Å²) >= 11 is 18.2. The molecule has 156 valence electrons. The Morgan fingerprint density at radius 2 is 1.69 bits per heavy atom. The van der Waals surface area contributed by atoms with Gasteiger partial charge in [0.1, 0.15) is 0 Å². The summed E-state index contributed by atoms with van der Waals surface area (Å²) in [5, 5.41) is 4.28. The van der Waals surface area contributed by atoms with Crippen molar-refractivity contribution in [1.29, 1.82) is 0 Å². The first-order chi connectivity index (χ1) is 13.5. The van der Waals surface area contributed by atoms with E-state index in [0.717, 1.165) is 5.56 Å². The number of hydrogen-bond donors (Lipinski definition) is 3. The van der Waals surface area contributed by atoms with Crippen LogP contribution in [0.2, 0.25) is 15.1 Å². The van der Waals surface area contributed by atoms with E-state index in [1.54, 1.807) is 31.2 Å². The third-order valence-electron chi connectivity index (χ3n) is 4.00. The minimum Gasteiger partial charge on any atom is -0.325 e. The van der Waals surface area contributed by atoms with Crippen molar-refractivity contribution in [2.45, 2.75) is 40.7 Å².